The topological polar surface area (TPSA) is 61.8 Å². The Morgan fingerprint density at radius 1 is 1.10 bits per heavy atom. The molecule has 21 heavy (non-hydrogen) atoms. The van der Waals surface area contributed by atoms with Crippen molar-refractivity contribution in [1.82, 2.24) is 0 Å². The molecule has 0 amide bonds. The van der Waals surface area contributed by atoms with Crippen molar-refractivity contribution in [1.29, 1.82) is 0 Å². The molecule has 1 heterocycles. The molecule has 1 saturated heterocycles. The van der Waals surface area contributed by atoms with E-state index in [2.05, 4.69) is 0 Å². The molecule has 1 aliphatic heterocycles. The molecule has 3 rings (SSSR count). The largest absolute Gasteiger partial charge is 0.344 e. The summed E-state index contributed by atoms with van der Waals surface area (Å²) in [6, 6.07) is 8.37. The Morgan fingerprint density at radius 3 is 2.33 bits per heavy atom. The van der Waals surface area contributed by atoms with Crippen LogP contribution in [0.3, 0.4) is 0 Å². The lowest BCUT2D eigenvalue weighted by atomic mass is 10.1. The van der Waals surface area contributed by atoms with E-state index < -0.39 is 21.2 Å². The molecule has 1 unspecified atom stereocenters. The minimum absolute atomic E-state index is 0.167. The highest BCUT2D eigenvalue weighted by Crippen LogP contribution is 2.40. The van der Waals surface area contributed by atoms with Gasteiger partial charge in [0.05, 0.1) is 17.3 Å². The third-order valence-electron chi connectivity index (χ3n) is 4.00. The molecular formula is C15H20O5S. The summed E-state index contributed by atoms with van der Waals surface area (Å²) in [6.45, 7) is 1.92. The molecule has 2 fully saturated rings. The highest BCUT2D eigenvalue weighted by Gasteiger charge is 2.47. The maximum atomic E-state index is 12.4. The van der Waals surface area contributed by atoms with E-state index in [-0.39, 0.29) is 17.3 Å². The van der Waals surface area contributed by atoms with Crippen molar-refractivity contribution in [3.63, 3.8) is 0 Å². The van der Waals surface area contributed by atoms with Crippen molar-refractivity contribution in [2.45, 2.75) is 48.9 Å². The summed E-state index contributed by atoms with van der Waals surface area (Å²) in [5.41, 5.74) is -0.984. The average molecular weight is 312 g/mol. The lowest BCUT2D eigenvalue weighted by Crippen LogP contribution is -2.52. The van der Waals surface area contributed by atoms with Crippen molar-refractivity contribution in [2.24, 2.45) is 0 Å². The minimum Gasteiger partial charge on any atom is -0.344 e. The molecule has 1 aliphatic carbocycles. The van der Waals surface area contributed by atoms with Crippen molar-refractivity contribution in [3.05, 3.63) is 30.3 Å². The molecule has 6 heteroatoms. The normalized spacial score (nSPS) is 28.8. The van der Waals surface area contributed by atoms with E-state index in [9.17, 15) is 8.42 Å². The van der Waals surface area contributed by atoms with E-state index in [4.69, 9.17) is 14.5 Å². The van der Waals surface area contributed by atoms with Crippen LogP contribution in [0.4, 0.5) is 0 Å². The minimum atomic E-state index is -3.44. The van der Waals surface area contributed by atoms with Gasteiger partial charge in [-0.3, -0.25) is 0 Å². The SMILES string of the molecule is CC1(CS(=O)(=O)c2ccccc2)COC2(CCCC2)OO1. The van der Waals surface area contributed by atoms with Gasteiger partial charge in [0.25, 0.3) is 0 Å². The summed E-state index contributed by atoms with van der Waals surface area (Å²) < 4.78 is 30.7. The summed E-state index contributed by atoms with van der Waals surface area (Å²) in [6.07, 6.45) is 3.69. The summed E-state index contributed by atoms with van der Waals surface area (Å²) >= 11 is 0. The van der Waals surface area contributed by atoms with Gasteiger partial charge >= 0.3 is 0 Å². The van der Waals surface area contributed by atoms with Crippen molar-refractivity contribution in [3.8, 4) is 0 Å². The van der Waals surface area contributed by atoms with Crippen LogP contribution in [0.2, 0.25) is 0 Å². The first-order valence-corrected chi connectivity index (χ1v) is 8.87. The highest BCUT2D eigenvalue weighted by atomic mass is 32.2. The Hall–Kier alpha value is -0.950. The van der Waals surface area contributed by atoms with Crippen LogP contribution >= 0.6 is 0 Å². The summed E-state index contributed by atoms with van der Waals surface area (Å²) in [5, 5.41) is 0. The molecule has 116 valence electrons. The predicted octanol–water partition coefficient (Wildman–Crippen LogP) is 2.47. The van der Waals surface area contributed by atoms with Crippen LogP contribution in [0, 0.1) is 0 Å². The van der Waals surface area contributed by atoms with E-state index in [0.717, 1.165) is 25.7 Å². The van der Waals surface area contributed by atoms with Crippen molar-refractivity contribution < 1.29 is 22.9 Å². The lowest BCUT2D eigenvalue weighted by Gasteiger charge is -2.41. The monoisotopic (exact) mass is 312 g/mol. The van der Waals surface area contributed by atoms with E-state index in [1.807, 2.05) is 0 Å². The predicted molar refractivity (Wildman–Crippen MR) is 76.2 cm³/mol. The van der Waals surface area contributed by atoms with Crippen LogP contribution < -0.4 is 0 Å². The van der Waals surface area contributed by atoms with Crippen LogP contribution in [0.1, 0.15) is 32.6 Å². The second-order valence-corrected chi connectivity index (χ2v) is 8.08. The van der Waals surface area contributed by atoms with E-state index in [0.29, 0.717) is 0 Å². The van der Waals surface area contributed by atoms with E-state index in [1.54, 1.807) is 37.3 Å². The van der Waals surface area contributed by atoms with Crippen molar-refractivity contribution >= 4 is 9.84 Å². The number of benzene rings is 1. The molecule has 5 nitrogen and oxygen atoms in total. The summed E-state index contributed by atoms with van der Waals surface area (Å²) in [5.74, 6) is -0.823. The molecule has 0 bridgehead atoms. The molecule has 1 aromatic rings. The maximum absolute atomic E-state index is 12.4. The van der Waals surface area contributed by atoms with Gasteiger partial charge in [-0.1, -0.05) is 18.2 Å². The average Bonchev–Trinajstić information content (AvgIpc) is 2.92. The molecule has 0 aromatic heterocycles. The Labute approximate surface area is 125 Å². The lowest BCUT2D eigenvalue weighted by molar-refractivity contribution is -0.503. The number of hydrogen-bond donors (Lipinski definition) is 0. The summed E-state index contributed by atoms with van der Waals surface area (Å²) in [4.78, 5) is 11.2. The van der Waals surface area contributed by atoms with Gasteiger partial charge < -0.3 is 4.74 Å². The fourth-order valence-corrected chi connectivity index (χ4v) is 4.50. The van der Waals surface area contributed by atoms with Crippen LogP contribution in [0.15, 0.2) is 35.2 Å². The smallest absolute Gasteiger partial charge is 0.201 e. The second kappa shape index (κ2) is 5.35. The van der Waals surface area contributed by atoms with Crippen molar-refractivity contribution in [2.75, 3.05) is 12.4 Å². The van der Waals surface area contributed by atoms with Gasteiger partial charge in [0, 0.05) is 12.8 Å². The van der Waals surface area contributed by atoms with E-state index in [1.165, 1.54) is 0 Å². The number of hydrogen-bond acceptors (Lipinski definition) is 5. The quantitative estimate of drug-likeness (QED) is 0.802. The Morgan fingerprint density at radius 2 is 1.76 bits per heavy atom. The van der Waals surface area contributed by atoms with Crippen LogP contribution in [0.5, 0.6) is 0 Å². The number of ether oxygens (including phenoxy) is 1. The van der Waals surface area contributed by atoms with Crippen LogP contribution in [-0.4, -0.2) is 32.2 Å². The first kappa shape index (κ1) is 15.0. The molecule has 1 aromatic carbocycles. The fourth-order valence-electron chi connectivity index (χ4n) is 2.83. The molecular weight excluding hydrogens is 292 g/mol. The molecule has 1 spiro atoms. The van der Waals surface area contributed by atoms with Gasteiger partial charge in [-0.2, -0.15) is 0 Å². The molecule has 0 radical (unpaired) electrons. The zero-order chi connectivity index (χ0) is 15.0. The van der Waals surface area contributed by atoms with Crippen LogP contribution in [0.25, 0.3) is 0 Å². The molecule has 2 aliphatic rings. The van der Waals surface area contributed by atoms with Gasteiger partial charge in [-0.15, -0.1) is 0 Å². The summed E-state index contributed by atoms with van der Waals surface area (Å²) in [7, 11) is -3.44. The van der Waals surface area contributed by atoms with Gasteiger partial charge in [0.15, 0.2) is 9.84 Å². The van der Waals surface area contributed by atoms with Gasteiger partial charge in [0.2, 0.25) is 5.79 Å². The highest BCUT2D eigenvalue weighted by molar-refractivity contribution is 7.91. The Balaban J connectivity index is 1.70. The van der Waals surface area contributed by atoms with E-state index >= 15 is 0 Å². The zero-order valence-corrected chi connectivity index (χ0v) is 12.9. The maximum Gasteiger partial charge on any atom is 0.201 e. The third-order valence-corrected chi connectivity index (χ3v) is 5.98. The first-order valence-electron chi connectivity index (χ1n) is 7.22. The van der Waals surface area contributed by atoms with Gasteiger partial charge in [-0.25, -0.2) is 18.2 Å². The number of sulfone groups is 1. The Kier molecular flexibility index (Phi) is 3.81. The van der Waals surface area contributed by atoms with Crippen LogP contribution in [-0.2, 0) is 24.3 Å². The molecule has 1 saturated carbocycles. The zero-order valence-electron chi connectivity index (χ0n) is 12.1. The molecule has 0 N–H and O–H groups in total. The standard InChI is InChI=1S/C15H20O5S/c1-14(11-18-15(20-19-14)9-5-6-10-15)12-21(16,17)13-7-3-2-4-8-13/h2-4,7-8H,5-6,9-12H2,1H3. The van der Waals surface area contributed by atoms with Gasteiger partial charge in [0.1, 0.15) is 5.60 Å². The van der Waals surface area contributed by atoms with Gasteiger partial charge in [-0.05, 0) is 31.9 Å². The Bertz CT molecular complexity index is 580. The first-order chi connectivity index (χ1) is 9.93. The second-order valence-electron chi connectivity index (χ2n) is 6.10. The molecule has 1 atom stereocenters. The third kappa shape index (κ3) is 3.13. The fraction of sp³-hybridized carbons (Fsp3) is 0.600. The number of rotatable bonds is 3.